The van der Waals surface area contributed by atoms with Crippen LogP contribution in [0, 0.1) is 45.8 Å². The molecule has 0 unspecified atom stereocenters. The lowest BCUT2D eigenvalue weighted by atomic mass is 9.54. The van der Waals surface area contributed by atoms with E-state index in [0.29, 0.717) is 17.6 Å². The molecule has 2 N–H and O–H groups in total. The molecule has 2 saturated heterocycles. The van der Waals surface area contributed by atoms with Crippen LogP contribution in [0.25, 0.3) is 0 Å². The maximum absolute atomic E-state index is 15.0. The highest BCUT2D eigenvalue weighted by Gasteiger charge is 2.85. The fourth-order valence-corrected chi connectivity index (χ4v) is 11.6. The van der Waals surface area contributed by atoms with E-state index in [1.54, 1.807) is 53.7 Å². The molecular formula is C40H50O10. The van der Waals surface area contributed by atoms with E-state index >= 15 is 0 Å². The quantitative estimate of drug-likeness (QED) is 0.182. The highest BCUT2D eigenvalue weighted by molar-refractivity contribution is 5.92. The molecule has 7 aliphatic rings. The largest absolute Gasteiger partial charge is 0.461 e. The first-order valence-corrected chi connectivity index (χ1v) is 17.9. The van der Waals surface area contributed by atoms with Crippen LogP contribution >= 0.6 is 0 Å². The summed E-state index contributed by atoms with van der Waals surface area (Å²) in [4.78, 5) is 55.0. The van der Waals surface area contributed by atoms with Gasteiger partial charge in [-0.25, -0.2) is 14.4 Å². The summed E-state index contributed by atoms with van der Waals surface area (Å²) in [7, 11) is 0. The average molecular weight is 691 g/mol. The third-order valence-corrected chi connectivity index (χ3v) is 14.4. The first kappa shape index (κ1) is 34.9. The predicted octanol–water partition coefficient (Wildman–Crippen LogP) is 4.84. The maximum atomic E-state index is 15.0. The number of carbonyl (C=O) groups is 4. The Morgan fingerprint density at radius 1 is 0.920 bits per heavy atom. The van der Waals surface area contributed by atoms with E-state index in [1.165, 1.54) is 0 Å². The normalized spacial score (nSPS) is 49.0. The molecule has 0 aromatic carbocycles. The van der Waals surface area contributed by atoms with E-state index in [2.05, 4.69) is 12.7 Å². The first-order chi connectivity index (χ1) is 23.3. The van der Waals surface area contributed by atoms with Gasteiger partial charge in [-0.2, -0.15) is 0 Å². The van der Waals surface area contributed by atoms with Crippen molar-refractivity contribution in [2.24, 2.45) is 45.8 Å². The zero-order valence-corrected chi connectivity index (χ0v) is 30.3. The van der Waals surface area contributed by atoms with Gasteiger partial charge in [-0.05, 0) is 61.3 Å². The van der Waals surface area contributed by atoms with Crippen LogP contribution in [-0.4, -0.2) is 69.7 Å². The Labute approximate surface area is 293 Å². The topological polar surface area (TPSA) is 146 Å². The van der Waals surface area contributed by atoms with Crippen molar-refractivity contribution in [2.75, 3.05) is 0 Å². The third-order valence-electron chi connectivity index (χ3n) is 14.4. The summed E-state index contributed by atoms with van der Waals surface area (Å²) < 4.78 is 25.1. The van der Waals surface area contributed by atoms with Crippen LogP contribution in [0.5, 0.6) is 0 Å². The van der Waals surface area contributed by atoms with E-state index in [9.17, 15) is 29.4 Å². The van der Waals surface area contributed by atoms with E-state index in [0.717, 1.165) is 5.57 Å². The van der Waals surface area contributed by atoms with Crippen molar-refractivity contribution in [3.63, 3.8) is 0 Å². The number of ether oxygens (including phenoxy) is 4. The molecule has 0 radical (unpaired) electrons. The minimum atomic E-state index is -1.56. The summed E-state index contributed by atoms with van der Waals surface area (Å²) in [5.74, 6) is -4.85. The molecule has 3 saturated carbocycles. The fourth-order valence-electron chi connectivity index (χ4n) is 11.6. The van der Waals surface area contributed by atoms with Gasteiger partial charge in [0.2, 0.25) is 0 Å². The molecule has 5 aliphatic carbocycles. The summed E-state index contributed by atoms with van der Waals surface area (Å²) >= 11 is 0. The summed E-state index contributed by atoms with van der Waals surface area (Å²) in [5, 5.41) is 24.8. The van der Waals surface area contributed by atoms with Crippen LogP contribution in [0.1, 0.15) is 81.1 Å². The second-order valence-corrected chi connectivity index (χ2v) is 16.8. The second kappa shape index (κ2) is 11.0. The molecule has 50 heavy (non-hydrogen) atoms. The number of rotatable bonds is 4. The minimum absolute atomic E-state index is 0.0388. The first-order valence-electron chi connectivity index (χ1n) is 17.9. The second-order valence-electron chi connectivity index (χ2n) is 16.8. The molecule has 270 valence electrons. The van der Waals surface area contributed by atoms with Crippen LogP contribution in [0.4, 0.5) is 0 Å². The zero-order chi connectivity index (χ0) is 36.5. The molecule has 2 heterocycles. The van der Waals surface area contributed by atoms with Crippen molar-refractivity contribution in [1.29, 1.82) is 0 Å². The van der Waals surface area contributed by atoms with Gasteiger partial charge in [0.15, 0.2) is 0 Å². The minimum Gasteiger partial charge on any atom is -0.461 e. The standard InChI is InChI=1S/C40H50O10/c1-10-19(3)32(41)47-24-17-38(9,46)39-15-14-36(7,31(39)30-27(24)22(6)34(43)49-30)40(18-39)28-25(48-33(42)20(4)11-2)16-37(8,45)23-13-12-21(5)26(23)29(28)50-35(40)44/h10-12,14-15,23-31,45-46H,6,13,16-18H2,1-5,7-9H3/b19-10+,20-11+/t23-,24+,25+,26+,27-,28-,29-,30+,31+,36-,37-,38-,39+,40+/m1/s1. The monoisotopic (exact) mass is 690 g/mol. The van der Waals surface area contributed by atoms with E-state index in [4.69, 9.17) is 18.9 Å². The third kappa shape index (κ3) is 4.27. The fraction of sp³-hybridized carbons (Fsp3) is 0.650. The Balaban J connectivity index is 1.41. The Bertz CT molecular complexity index is 1710. The Hall–Kier alpha value is -3.50. The van der Waals surface area contributed by atoms with Gasteiger partial charge in [0.05, 0.1) is 28.5 Å². The van der Waals surface area contributed by atoms with Gasteiger partial charge >= 0.3 is 23.9 Å². The highest BCUT2D eigenvalue weighted by Crippen LogP contribution is 2.80. The summed E-state index contributed by atoms with van der Waals surface area (Å²) in [6.07, 6.45) is 6.65. The lowest BCUT2D eigenvalue weighted by molar-refractivity contribution is -0.165. The van der Waals surface area contributed by atoms with E-state index in [-0.39, 0.29) is 36.7 Å². The zero-order valence-electron chi connectivity index (χ0n) is 30.3. The average Bonchev–Trinajstić information content (AvgIpc) is 3.77. The number of carbonyl (C=O) groups excluding carboxylic acids is 4. The van der Waals surface area contributed by atoms with Crippen LogP contribution < -0.4 is 0 Å². The number of fused-ring (bicyclic) bond motifs is 6. The summed E-state index contributed by atoms with van der Waals surface area (Å²) in [6, 6.07) is 0. The molecule has 2 bridgehead atoms. The summed E-state index contributed by atoms with van der Waals surface area (Å²) in [6.45, 7) is 18.3. The molecule has 10 nitrogen and oxygen atoms in total. The van der Waals surface area contributed by atoms with Crippen molar-refractivity contribution in [2.45, 2.75) is 117 Å². The molecule has 5 fully saturated rings. The van der Waals surface area contributed by atoms with E-state index < -0.39 is 93.5 Å². The molecule has 14 atom stereocenters. The number of aliphatic hydroxyl groups is 2. The van der Waals surface area contributed by atoms with Crippen LogP contribution in [0.2, 0.25) is 0 Å². The molecule has 10 heteroatoms. The molecule has 2 aliphatic heterocycles. The molecule has 0 aromatic heterocycles. The highest BCUT2D eigenvalue weighted by atomic mass is 16.6. The van der Waals surface area contributed by atoms with Crippen molar-refractivity contribution in [3.8, 4) is 0 Å². The van der Waals surface area contributed by atoms with Gasteiger partial charge in [-0.1, -0.05) is 49.5 Å². The molecule has 0 aromatic rings. The summed E-state index contributed by atoms with van der Waals surface area (Å²) in [5.41, 5.74) is -4.41. The van der Waals surface area contributed by atoms with Gasteiger partial charge in [-0.3, -0.25) is 4.79 Å². The Morgan fingerprint density at radius 2 is 1.54 bits per heavy atom. The maximum Gasteiger partial charge on any atom is 0.334 e. The van der Waals surface area contributed by atoms with Crippen LogP contribution in [0.15, 0.2) is 59.3 Å². The number of hydrogen-bond donors (Lipinski definition) is 2. The number of allylic oxidation sites excluding steroid dienone is 4. The smallest absolute Gasteiger partial charge is 0.334 e. The molecule has 0 amide bonds. The van der Waals surface area contributed by atoms with Crippen LogP contribution in [-0.2, 0) is 38.1 Å². The Kier molecular flexibility index (Phi) is 7.68. The number of esters is 4. The number of hydrogen-bond acceptors (Lipinski definition) is 10. The molecular weight excluding hydrogens is 640 g/mol. The van der Waals surface area contributed by atoms with Gasteiger partial charge < -0.3 is 29.2 Å². The van der Waals surface area contributed by atoms with E-state index in [1.807, 2.05) is 26.0 Å². The van der Waals surface area contributed by atoms with Crippen molar-refractivity contribution < 1.29 is 48.3 Å². The Morgan fingerprint density at radius 3 is 2.16 bits per heavy atom. The van der Waals surface area contributed by atoms with Crippen molar-refractivity contribution >= 4 is 23.9 Å². The molecule has 7 rings (SSSR count). The predicted molar refractivity (Wildman–Crippen MR) is 181 cm³/mol. The van der Waals surface area contributed by atoms with Gasteiger partial charge in [0, 0.05) is 58.1 Å². The SMILES string of the molecule is C=C1C(=O)O[C@H]2[C@H]1[C@@H](OC(=O)/C(C)=C/C)C[C@@](C)(O)[C@]13C=C[C@](C)([C@H]21)[C@]1(C3)C(=O)O[C@@H]2[C@H]3C(C)=CC[C@H]3[C@](C)(O)C[C@H](OC(=O)/C(C)=C/C)[C@H]21. The lowest BCUT2D eigenvalue weighted by Crippen LogP contribution is -2.54. The van der Waals surface area contributed by atoms with Gasteiger partial charge in [-0.15, -0.1) is 0 Å². The molecule has 1 spiro atoms. The lowest BCUT2D eigenvalue weighted by Gasteiger charge is -2.47. The van der Waals surface area contributed by atoms with Crippen molar-refractivity contribution in [1.82, 2.24) is 0 Å². The van der Waals surface area contributed by atoms with Gasteiger partial charge in [0.25, 0.3) is 0 Å². The van der Waals surface area contributed by atoms with Gasteiger partial charge in [0.1, 0.15) is 24.4 Å². The van der Waals surface area contributed by atoms with Crippen LogP contribution in [0.3, 0.4) is 0 Å². The van der Waals surface area contributed by atoms with Crippen molar-refractivity contribution in [3.05, 3.63) is 59.3 Å².